The van der Waals surface area contributed by atoms with E-state index in [-0.39, 0.29) is 22.5 Å². The first-order valence-corrected chi connectivity index (χ1v) is 12.1. The normalized spacial score (nSPS) is 10.5. The largest absolute Gasteiger partial charge is 0.452 e. The van der Waals surface area contributed by atoms with Gasteiger partial charge in [0.25, 0.3) is 11.6 Å². The van der Waals surface area contributed by atoms with Gasteiger partial charge in [-0.05, 0) is 29.3 Å². The van der Waals surface area contributed by atoms with E-state index in [1.165, 1.54) is 12.1 Å². The monoisotopic (exact) mass is 528 g/mol. The number of carbonyl (C=O) groups excluding carboxylic acids is 2. The average Bonchev–Trinajstić information content (AvgIpc) is 3.00. The number of hydrogen-bond donors (Lipinski definition) is 1. The summed E-state index contributed by atoms with van der Waals surface area (Å²) in [4.78, 5) is 40.6. The molecule has 0 saturated carbocycles. The summed E-state index contributed by atoms with van der Waals surface area (Å²) in [5, 5.41) is 23.2. The van der Waals surface area contributed by atoms with E-state index in [0.29, 0.717) is 16.6 Å². The number of para-hydroxylation sites is 1. The zero-order valence-electron chi connectivity index (χ0n) is 20.9. The van der Waals surface area contributed by atoms with Crippen molar-refractivity contribution in [2.75, 3.05) is 11.9 Å². The van der Waals surface area contributed by atoms with E-state index < -0.39 is 23.4 Å². The minimum absolute atomic E-state index is 0.0738. The number of amides is 1. The molecule has 4 aromatic carbocycles. The average molecular weight is 529 g/mol. The molecule has 1 aromatic heterocycles. The SMILES string of the molecule is N#Cc1cc([N+](=O)[O-])ccc1NC(=O)COC(=O)c1cc(-c2ccc(-c3ccccc3)cc2)nc2ccccc12. The minimum atomic E-state index is -0.722. The van der Waals surface area contributed by atoms with Crippen LogP contribution in [0.3, 0.4) is 0 Å². The summed E-state index contributed by atoms with van der Waals surface area (Å²) in [6.07, 6.45) is 0. The maximum absolute atomic E-state index is 13.1. The fourth-order valence-electron chi connectivity index (χ4n) is 4.20. The Labute approximate surface area is 228 Å². The van der Waals surface area contributed by atoms with E-state index in [4.69, 9.17) is 9.72 Å². The summed E-state index contributed by atoms with van der Waals surface area (Å²) in [5.74, 6) is -1.42. The molecule has 0 radical (unpaired) electrons. The van der Waals surface area contributed by atoms with E-state index >= 15 is 0 Å². The molecular formula is C31H20N4O5. The maximum atomic E-state index is 13.1. The number of rotatable bonds is 7. The first-order valence-electron chi connectivity index (χ1n) is 12.1. The van der Waals surface area contributed by atoms with Gasteiger partial charge in [0, 0.05) is 23.1 Å². The number of nitrogens with one attached hydrogen (secondary N) is 1. The van der Waals surface area contributed by atoms with Gasteiger partial charge in [0.2, 0.25) is 0 Å². The van der Waals surface area contributed by atoms with Gasteiger partial charge in [-0.15, -0.1) is 0 Å². The number of nitrogens with zero attached hydrogens (tertiary/aromatic N) is 3. The summed E-state index contributed by atoms with van der Waals surface area (Å²) >= 11 is 0. The highest BCUT2D eigenvalue weighted by molar-refractivity contribution is 6.05. The van der Waals surface area contributed by atoms with Crippen LogP contribution in [0.1, 0.15) is 15.9 Å². The number of ether oxygens (including phenoxy) is 1. The van der Waals surface area contributed by atoms with Crippen molar-refractivity contribution in [2.24, 2.45) is 0 Å². The minimum Gasteiger partial charge on any atom is -0.452 e. The molecule has 0 aliphatic rings. The second-order valence-corrected chi connectivity index (χ2v) is 8.74. The Kier molecular flexibility index (Phi) is 7.24. The van der Waals surface area contributed by atoms with Gasteiger partial charge in [-0.25, -0.2) is 9.78 Å². The molecule has 0 saturated heterocycles. The number of anilines is 1. The van der Waals surface area contributed by atoms with Gasteiger partial charge in [0.1, 0.15) is 6.07 Å². The van der Waals surface area contributed by atoms with Gasteiger partial charge in [-0.3, -0.25) is 14.9 Å². The molecule has 0 atom stereocenters. The number of nitro groups is 1. The van der Waals surface area contributed by atoms with Gasteiger partial charge < -0.3 is 10.1 Å². The summed E-state index contributed by atoms with van der Waals surface area (Å²) in [6, 6.07) is 31.8. The molecule has 40 heavy (non-hydrogen) atoms. The van der Waals surface area contributed by atoms with Crippen LogP contribution in [0.25, 0.3) is 33.3 Å². The third-order valence-corrected chi connectivity index (χ3v) is 6.17. The molecule has 1 heterocycles. The standard InChI is InChI=1S/C31H20N4O5/c32-18-23-16-24(35(38)39)14-15-27(23)34-30(36)19-40-31(37)26-17-29(33-28-9-5-4-8-25(26)28)22-12-10-21(11-13-22)20-6-2-1-3-7-20/h1-17H,19H2,(H,34,36). The molecule has 5 rings (SSSR count). The highest BCUT2D eigenvalue weighted by atomic mass is 16.6. The first kappa shape index (κ1) is 25.8. The second kappa shape index (κ2) is 11.2. The molecule has 1 amide bonds. The number of nitro benzene ring substituents is 1. The molecule has 9 heteroatoms. The molecular weight excluding hydrogens is 508 g/mol. The van der Waals surface area contributed by atoms with Crippen LogP contribution in [-0.2, 0) is 9.53 Å². The van der Waals surface area contributed by atoms with E-state index in [9.17, 15) is 25.0 Å². The van der Waals surface area contributed by atoms with Crippen molar-refractivity contribution in [3.05, 3.63) is 124 Å². The molecule has 0 spiro atoms. The van der Waals surface area contributed by atoms with Crippen LogP contribution in [-0.4, -0.2) is 28.4 Å². The zero-order chi connectivity index (χ0) is 28.1. The van der Waals surface area contributed by atoms with Crippen molar-refractivity contribution in [1.29, 1.82) is 5.26 Å². The number of non-ortho nitro benzene ring substituents is 1. The van der Waals surface area contributed by atoms with Crippen LogP contribution in [0.4, 0.5) is 11.4 Å². The molecule has 0 unspecified atom stereocenters. The van der Waals surface area contributed by atoms with Gasteiger partial charge in [0.05, 0.1) is 32.9 Å². The number of pyridine rings is 1. The summed E-state index contributed by atoms with van der Waals surface area (Å²) in [5.41, 5.74) is 4.04. The van der Waals surface area contributed by atoms with Crippen molar-refractivity contribution in [3.8, 4) is 28.5 Å². The Morgan fingerprint density at radius 3 is 2.27 bits per heavy atom. The lowest BCUT2D eigenvalue weighted by Gasteiger charge is -2.11. The predicted octanol–water partition coefficient (Wildman–Crippen LogP) is 6.14. The Morgan fingerprint density at radius 1 is 0.875 bits per heavy atom. The fourth-order valence-corrected chi connectivity index (χ4v) is 4.20. The van der Waals surface area contributed by atoms with E-state index in [1.54, 1.807) is 24.3 Å². The molecule has 0 aliphatic heterocycles. The number of aromatic nitrogens is 1. The number of carbonyl (C=O) groups is 2. The molecule has 194 valence electrons. The van der Waals surface area contributed by atoms with Gasteiger partial charge >= 0.3 is 5.97 Å². The van der Waals surface area contributed by atoms with Crippen LogP contribution in [0, 0.1) is 21.4 Å². The number of hydrogen-bond acceptors (Lipinski definition) is 7. The number of fused-ring (bicyclic) bond motifs is 1. The lowest BCUT2D eigenvalue weighted by atomic mass is 10.0. The van der Waals surface area contributed by atoms with Crippen LogP contribution in [0.2, 0.25) is 0 Å². The molecule has 1 N–H and O–H groups in total. The summed E-state index contributed by atoms with van der Waals surface area (Å²) in [6.45, 7) is -0.627. The molecule has 0 aliphatic carbocycles. The maximum Gasteiger partial charge on any atom is 0.339 e. The topological polar surface area (TPSA) is 135 Å². The third-order valence-electron chi connectivity index (χ3n) is 6.17. The number of esters is 1. The number of nitriles is 1. The zero-order valence-corrected chi connectivity index (χ0v) is 20.9. The van der Waals surface area contributed by atoms with Crippen LogP contribution < -0.4 is 5.32 Å². The third kappa shape index (κ3) is 5.51. The summed E-state index contributed by atoms with van der Waals surface area (Å²) in [7, 11) is 0. The first-order chi connectivity index (χ1) is 19.4. The van der Waals surface area contributed by atoms with Gasteiger partial charge in [0.15, 0.2) is 6.61 Å². The highest BCUT2D eigenvalue weighted by Crippen LogP contribution is 2.28. The Bertz CT molecular complexity index is 1800. The van der Waals surface area contributed by atoms with Gasteiger partial charge in [-0.2, -0.15) is 5.26 Å². The van der Waals surface area contributed by atoms with Crippen molar-refractivity contribution >= 4 is 34.2 Å². The van der Waals surface area contributed by atoms with Crippen molar-refractivity contribution in [1.82, 2.24) is 4.98 Å². The Hall–Kier alpha value is -5.88. The van der Waals surface area contributed by atoms with Crippen LogP contribution >= 0.6 is 0 Å². The van der Waals surface area contributed by atoms with Crippen LogP contribution in [0.15, 0.2) is 103 Å². The molecule has 5 aromatic rings. The molecule has 0 fully saturated rings. The van der Waals surface area contributed by atoms with Crippen molar-refractivity contribution in [3.63, 3.8) is 0 Å². The Balaban J connectivity index is 1.36. The summed E-state index contributed by atoms with van der Waals surface area (Å²) < 4.78 is 5.30. The molecule has 9 nitrogen and oxygen atoms in total. The molecule has 0 bridgehead atoms. The van der Waals surface area contributed by atoms with E-state index in [0.717, 1.165) is 22.8 Å². The van der Waals surface area contributed by atoms with Gasteiger partial charge in [-0.1, -0.05) is 72.8 Å². The predicted molar refractivity (Wildman–Crippen MR) is 149 cm³/mol. The Morgan fingerprint density at radius 2 is 1.55 bits per heavy atom. The highest BCUT2D eigenvalue weighted by Gasteiger charge is 2.18. The number of benzene rings is 4. The van der Waals surface area contributed by atoms with Crippen LogP contribution in [0.5, 0.6) is 0 Å². The quantitative estimate of drug-likeness (QED) is 0.152. The van der Waals surface area contributed by atoms with E-state index in [1.807, 2.05) is 66.7 Å². The van der Waals surface area contributed by atoms with Crippen molar-refractivity contribution < 1.29 is 19.2 Å². The smallest absolute Gasteiger partial charge is 0.339 e. The lowest BCUT2D eigenvalue weighted by molar-refractivity contribution is -0.384. The fraction of sp³-hybridized carbons (Fsp3) is 0.0323. The second-order valence-electron chi connectivity index (χ2n) is 8.74. The van der Waals surface area contributed by atoms with E-state index in [2.05, 4.69) is 5.32 Å². The van der Waals surface area contributed by atoms with Crippen molar-refractivity contribution in [2.45, 2.75) is 0 Å². The lowest BCUT2D eigenvalue weighted by Crippen LogP contribution is -2.21.